The Hall–Kier alpha value is -1.13. The van der Waals surface area contributed by atoms with Crippen LogP contribution in [0.5, 0.6) is 0 Å². The van der Waals surface area contributed by atoms with Crippen LogP contribution in [0.3, 0.4) is 0 Å². The molecule has 4 heteroatoms. The second kappa shape index (κ2) is 5.58. The average molecular weight is 348 g/mol. The standard InChI is InChI=1S/C17H22BrN3/c1-12(2)21-15(14(18)11-20-21)16(19-3)17(9-10-17)13-7-5-4-6-8-13/h4-8,11-12,16,19H,9-10H2,1-3H3. The Bertz CT molecular complexity index is 614. The molecule has 1 fully saturated rings. The average Bonchev–Trinajstić information content (AvgIpc) is 3.20. The fourth-order valence-corrected chi connectivity index (χ4v) is 3.86. The summed E-state index contributed by atoms with van der Waals surface area (Å²) in [6.07, 6.45) is 4.36. The minimum absolute atomic E-state index is 0.200. The number of rotatable bonds is 5. The lowest BCUT2D eigenvalue weighted by Gasteiger charge is -2.29. The Kier molecular flexibility index (Phi) is 3.93. The summed E-state index contributed by atoms with van der Waals surface area (Å²) >= 11 is 3.70. The number of hydrogen-bond acceptors (Lipinski definition) is 2. The van der Waals surface area contributed by atoms with Crippen molar-refractivity contribution in [2.75, 3.05) is 7.05 Å². The van der Waals surface area contributed by atoms with Gasteiger partial charge in [-0.3, -0.25) is 4.68 Å². The summed E-state index contributed by atoms with van der Waals surface area (Å²) in [4.78, 5) is 0. The molecule has 112 valence electrons. The molecule has 2 aromatic rings. The maximum Gasteiger partial charge on any atom is 0.0707 e. The van der Waals surface area contributed by atoms with E-state index in [1.54, 1.807) is 0 Å². The van der Waals surface area contributed by atoms with E-state index < -0.39 is 0 Å². The first-order valence-corrected chi connectivity index (χ1v) is 8.35. The Balaban J connectivity index is 2.06. The minimum Gasteiger partial charge on any atom is -0.311 e. The molecule has 3 rings (SSSR count). The fourth-order valence-electron chi connectivity index (χ4n) is 3.36. The molecular formula is C17H22BrN3. The van der Waals surface area contributed by atoms with Gasteiger partial charge in [-0.25, -0.2) is 0 Å². The maximum atomic E-state index is 4.55. The lowest BCUT2D eigenvalue weighted by molar-refractivity contribution is 0.401. The van der Waals surface area contributed by atoms with E-state index in [4.69, 9.17) is 0 Å². The van der Waals surface area contributed by atoms with E-state index in [2.05, 4.69) is 82.3 Å². The zero-order valence-corrected chi connectivity index (χ0v) is 14.4. The molecule has 1 aliphatic carbocycles. The van der Waals surface area contributed by atoms with Crippen molar-refractivity contribution in [3.63, 3.8) is 0 Å². The predicted octanol–water partition coefficient (Wildman–Crippen LogP) is 4.22. The molecule has 0 radical (unpaired) electrons. The molecule has 1 aromatic carbocycles. The van der Waals surface area contributed by atoms with Crippen LogP contribution in [0.1, 0.15) is 50.0 Å². The van der Waals surface area contributed by atoms with Crippen molar-refractivity contribution in [1.82, 2.24) is 15.1 Å². The van der Waals surface area contributed by atoms with E-state index in [-0.39, 0.29) is 11.5 Å². The first-order chi connectivity index (χ1) is 10.1. The fraction of sp³-hybridized carbons (Fsp3) is 0.471. The number of aromatic nitrogens is 2. The van der Waals surface area contributed by atoms with Crippen LogP contribution >= 0.6 is 15.9 Å². The van der Waals surface area contributed by atoms with Gasteiger partial charge in [-0.1, -0.05) is 30.3 Å². The smallest absolute Gasteiger partial charge is 0.0707 e. The van der Waals surface area contributed by atoms with Crippen molar-refractivity contribution in [3.8, 4) is 0 Å². The van der Waals surface area contributed by atoms with Gasteiger partial charge in [-0.2, -0.15) is 5.10 Å². The Morgan fingerprint density at radius 2 is 1.90 bits per heavy atom. The summed E-state index contributed by atoms with van der Waals surface area (Å²) < 4.78 is 3.23. The Morgan fingerprint density at radius 1 is 1.24 bits per heavy atom. The van der Waals surface area contributed by atoms with Gasteiger partial charge in [0, 0.05) is 11.5 Å². The SMILES string of the molecule is CNC(c1c(Br)cnn1C(C)C)C1(c2ccccc2)CC1. The van der Waals surface area contributed by atoms with Gasteiger partial charge in [0.2, 0.25) is 0 Å². The summed E-state index contributed by atoms with van der Waals surface area (Å²) in [5.41, 5.74) is 2.88. The summed E-state index contributed by atoms with van der Waals surface area (Å²) in [7, 11) is 2.05. The molecule has 1 heterocycles. The molecule has 1 aliphatic rings. The van der Waals surface area contributed by atoms with Crippen molar-refractivity contribution in [2.24, 2.45) is 0 Å². The molecular weight excluding hydrogens is 326 g/mol. The summed E-state index contributed by atoms with van der Waals surface area (Å²) in [6, 6.07) is 11.5. The van der Waals surface area contributed by atoms with Crippen LogP contribution in [0, 0.1) is 0 Å². The number of hydrogen-bond donors (Lipinski definition) is 1. The van der Waals surface area contributed by atoms with E-state index in [9.17, 15) is 0 Å². The van der Waals surface area contributed by atoms with E-state index in [1.165, 1.54) is 24.1 Å². The van der Waals surface area contributed by atoms with Crippen LogP contribution in [0.4, 0.5) is 0 Å². The number of likely N-dealkylation sites (N-methyl/N-ethyl adjacent to an activating group) is 1. The van der Waals surface area contributed by atoms with Crippen molar-refractivity contribution in [1.29, 1.82) is 0 Å². The molecule has 1 atom stereocenters. The van der Waals surface area contributed by atoms with Crippen molar-refractivity contribution in [3.05, 3.63) is 52.3 Å². The van der Waals surface area contributed by atoms with Crippen LogP contribution in [0.25, 0.3) is 0 Å². The molecule has 1 aromatic heterocycles. The van der Waals surface area contributed by atoms with Gasteiger partial charge in [0.05, 0.1) is 22.4 Å². The minimum atomic E-state index is 0.200. The molecule has 0 bridgehead atoms. The monoisotopic (exact) mass is 347 g/mol. The summed E-state index contributed by atoms with van der Waals surface area (Å²) in [5, 5.41) is 8.10. The number of nitrogens with zero attached hydrogens (tertiary/aromatic N) is 2. The third-order valence-electron chi connectivity index (χ3n) is 4.53. The van der Waals surface area contributed by atoms with E-state index in [0.717, 1.165) is 4.47 Å². The van der Waals surface area contributed by atoms with E-state index in [1.807, 2.05) is 6.20 Å². The molecule has 0 saturated heterocycles. The van der Waals surface area contributed by atoms with Gasteiger partial charge in [-0.15, -0.1) is 0 Å². The summed E-state index contributed by atoms with van der Waals surface area (Å²) in [5.74, 6) is 0. The highest BCUT2D eigenvalue weighted by Gasteiger charge is 2.52. The van der Waals surface area contributed by atoms with E-state index >= 15 is 0 Å². The zero-order chi connectivity index (χ0) is 15.0. The highest BCUT2D eigenvalue weighted by Crippen LogP contribution is 2.57. The second-order valence-electron chi connectivity index (χ2n) is 6.16. The lowest BCUT2D eigenvalue weighted by atomic mass is 9.86. The topological polar surface area (TPSA) is 29.9 Å². The largest absolute Gasteiger partial charge is 0.311 e. The molecule has 21 heavy (non-hydrogen) atoms. The normalized spacial score (nSPS) is 18.0. The predicted molar refractivity (Wildman–Crippen MR) is 89.5 cm³/mol. The molecule has 0 amide bonds. The van der Waals surface area contributed by atoms with Crippen LogP contribution in [0.15, 0.2) is 41.0 Å². The van der Waals surface area contributed by atoms with Crippen molar-refractivity contribution < 1.29 is 0 Å². The summed E-state index contributed by atoms with van der Waals surface area (Å²) in [6.45, 7) is 4.36. The third kappa shape index (κ3) is 2.44. The highest BCUT2D eigenvalue weighted by molar-refractivity contribution is 9.10. The van der Waals surface area contributed by atoms with Crippen LogP contribution in [-0.2, 0) is 5.41 Å². The van der Waals surface area contributed by atoms with Crippen LogP contribution in [0.2, 0.25) is 0 Å². The zero-order valence-electron chi connectivity index (χ0n) is 12.8. The van der Waals surface area contributed by atoms with Crippen LogP contribution in [-0.4, -0.2) is 16.8 Å². The third-order valence-corrected chi connectivity index (χ3v) is 5.14. The molecule has 3 nitrogen and oxygen atoms in total. The molecule has 0 spiro atoms. The van der Waals surface area contributed by atoms with Crippen molar-refractivity contribution >= 4 is 15.9 Å². The van der Waals surface area contributed by atoms with Gasteiger partial charge < -0.3 is 5.32 Å². The highest BCUT2D eigenvalue weighted by atomic mass is 79.9. The van der Waals surface area contributed by atoms with Crippen LogP contribution < -0.4 is 5.32 Å². The lowest BCUT2D eigenvalue weighted by Crippen LogP contribution is -2.32. The number of nitrogens with one attached hydrogen (secondary N) is 1. The number of benzene rings is 1. The first-order valence-electron chi connectivity index (χ1n) is 7.56. The Labute approximate surface area is 134 Å². The first kappa shape index (κ1) is 14.8. The molecule has 1 saturated carbocycles. The second-order valence-corrected chi connectivity index (χ2v) is 7.01. The van der Waals surface area contributed by atoms with Gasteiger partial charge in [0.1, 0.15) is 0 Å². The van der Waals surface area contributed by atoms with E-state index in [0.29, 0.717) is 6.04 Å². The van der Waals surface area contributed by atoms with Gasteiger partial charge in [0.25, 0.3) is 0 Å². The van der Waals surface area contributed by atoms with Gasteiger partial charge >= 0.3 is 0 Å². The van der Waals surface area contributed by atoms with Gasteiger partial charge in [-0.05, 0) is 55.2 Å². The Morgan fingerprint density at radius 3 is 2.43 bits per heavy atom. The van der Waals surface area contributed by atoms with Crippen molar-refractivity contribution in [2.45, 2.75) is 44.2 Å². The molecule has 1 N–H and O–H groups in total. The maximum absolute atomic E-state index is 4.55. The molecule has 1 unspecified atom stereocenters. The molecule has 0 aliphatic heterocycles. The van der Waals surface area contributed by atoms with Gasteiger partial charge in [0.15, 0.2) is 0 Å². The number of halogens is 1. The quantitative estimate of drug-likeness (QED) is 0.877.